The number of ether oxygens (including phenoxy) is 3. The number of H-pyrrole nitrogens is 1. The number of carbonyl (C=O) groups is 1. The van der Waals surface area contributed by atoms with Crippen LogP contribution in [0.4, 0.5) is 34.1 Å². The van der Waals surface area contributed by atoms with Gasteiger partial charge in [0, 0.05) is 24.5 Å². The van der Waals surface area contributed by atoms with E-state index in [1.807, 2.05) is 0 Å². The number of halogens is 4. The highest BCUT2D eigenvalue weighted by atomic mass is 19.4. The van der Waals surface area contributed by atoms with Crippen LogP contribution in [0.15, 0.2) is 24.5 Å². The molecule has 0 aromatic carbocycles. The zero-order valence-electron chi connectivity index (χ0n) is 18.0. The van der Waals surface area contributed by atoms with Gasteiger partial charge in [0.05, 0.1) is 24.6 Å². The summed E-state index contributed by atoms with van der Waals surface area (Å²) in [6.45, 7) is 2.61. The molecule has 3 atom stereocenters. The summed E-state index contributed by atoms with van der Waals surface area (Å²) in [5.41, 5.74) is 0.669. The van der Waals surface area contributed by atoms with Crippen molar-refractivity contribution in [3.05, 3.63) is 35.9 Å². The smallest absolute Gasteiger partial charge is 0.441 e. The second-order valence-electron chi connectivity index (χ2n) is 7.74. The van der Waals surface area contributed by atoms with E-state index in [9.17, 15) is 22.4 Å². The molecule has 1 amide bonds. The van der Waals surface area contributed by atoms with Gasteiger partial charge >= 0.3 is 12.5 Å². The fraction of sp³-hybridized carbons (Fsp3) is 0.474. The van der Waals surface area contributed by atoms with Crippen LogP contribution in [-0.4, -0.2) is 61.9 Å². The lowest BCUT2D eigenvalue weighted by Gasteiger charge is -2.16. The van der Waals surface area contributed by atoms with Crippen molar-refractivity contribution in [2.45, 2.75) is 51.2 Å². The van der Waals surface area contributed by atoms with Crippen molar-refractivity contribution in [3.63, 3.8) is 0 Å². The molecule has 0 bridgehead atoms. The average Bonchev–Trinajstić information content (AvgIpc) is 3.45. The monoisotopic (exact) mass is 487 g/mol. The zero-order chi connectivity index (χ0) is 24.5. The van der Waals surface area contributed by atoms with Crippen LogP contribution in [0, 0.1) is 0 Å². The van der Waals surface area contributed by atoms with Crippen LogP contribution < -0.4 is 10.6 Å². The maximum Gasteiger partial charge on any atom is 0.522 e. The molecule has 3 aromatic heterocycles. The Kier molecular flexibility index (Phi) is 6.56. The Morgan fingerprint density at radius 2 is 2.21 bits per heavy atom. The molecule has 15 heteroatoms. The molecule has 1 aliphatic rings. The molecule has 3 N–H and O–H groups in total. The van der Waals surface area contributed by atoms with Crippen molar-refractivity contribution in [1.29, 1.82) is 0 Å². The molecule has 1 fully saturated rings. The van der Waals surface area contributed by atoms with Gasteiger partial charge < -0.3 is 20.1 Å². The largest absolute Gasteiger partial charge is 0.522 e. The Balaban J connectivity index is 1.43. The molecule has 184 valence electrons. The highest BCUT2D eigenvalue weighted by molar-refractivity contribution is 5.67. The Hall–Kier alpha value is -3.46. The minimum Gasteiger partial charge on any atom is -0.441 e. The molecule has 4 heterocycles. The lowest BCUT2D eigenvalue weighted by molar-refractivity contribution is -0.330. The number of alkyl halides is 4. The molecule has 0 aliphatic carbocycles. The summed E-state index contributed by atoms with van der Waals surface area (Å²) in [5, 5.41) is 12.1. The number of fused-ring (bicyclic) bond motifs is 1. The molecule has 1 saturated heterocycles. The molecule has 34 heavy (non-hydrogen) atoms. The molecular formula is C19H21F4N7O4. The summed E-state index contributed by atoms with van der Waals surface area (Å²) in [4.78, 5) is 19.9. The molecule has 4 rings (SSSR count). The van der Waals surface area contributed by atoms with E-state index in [0.29, 0.717) is 11.3 Å². The number of aromatic amines is 1. The highest BCUT2D eigenvalue weighted by Crippen LogP contribution is 2.33. The van der Waals surface area contributed by atoms with Crippen molar-refractivity contribution in [3.8, 4) is 0 Å². The third-order valence-electron chi connectivity index (χ3n) is 4.71. The van der Waals surface area contributed by atoms with Crippen molar-refractivity contribution < 1.29 is 36.6 Å². The predicted molar refractivity (Wildman–Crippen MR) is 108 cm³/mol. The van der Waals surface area contributed by atoms with E-state index >= 15 is 0 Å². The van der Waals surface area contributed by atoms with E-state index in [2.05, 4.69) is 35.5 Å². The standard InChI is InChI=1S/C19H21F4N7O4/c1-9(2)25-18(31)34-12-8-32-16(15(12)20)11-5-13(29-28-11)27-17-24-4-3-14-26-10(6-30(14)17)7-33-19(21,22)23/h3-6,9,12,15-16H,7-8H2,1-2H3,(H,25,31)(H2,24,27,28,29)/t12-,15+,16-/m1/s1. The van der Waals surface area contributed by atoms with Gasteiger partial charge in [0.2, 0.25) is 5.95 Å². The number of aromatic nitrogens is 5. The molecule has 0 spiro atoms. The van der Waals surface area contributed by atoms with Crippen molar-refractivity contribution >= 4 is 23.5 Å². The fourth-order valence-corrected chi connectivity index (χ4v) is 3.29. The van der Waals surface area contributed by atoms with Gasteiger partial charge in [-0.25, -0.2) is 19.2 Å². The first-order valence-electron chi connectivity index (χ1n) is 10.2. The number of hydrogen-bond acceptors (Lipinski definition) is 8. The maximum absolute atomic E-state index is 14.8. The van der Waals surface area contributed by atoms with Crippen LogP contribution in [0.3, 0.4) is 0 Å². The van der Waals surface area contributed by atoms with E-state index in [0.717, 1.165) is 0 Å². The average molecular weight is 487 g/mol. The minimum absolute atomic E-state index is 0.0447. The summed E-state index contributed by atoms with van der Waals surface area (Å²) < 4.78 is 67.5. The Morgan fingerprint density at radius 3 is 2.94 bits per heavy atom. The summed E-state index contributed by atoms with van der Waals surface area (Å²) >= 11 is 0. The van der Waals surface area contributed by atoms with Gasteiger partial charge in [-0.1, -0.05) is 0 Å². The molecule has 1 aliphatic heterocycles. The quantitative estimate of drug-likeness (QED) is 0.434. The van der Waals surface area contributed by atoms with E-state index in [1.54, 1.807) is 13.8 Å². The molecule has 3 aromatic rings. The van der Waals surface area contributed by atoms with E-state index in [-0.39, 0.29) is 30.1 Å². The number of nitrogens with zero attached hydrogens (tertiary/aromatic N) is 4. The lowest BCUT2D eigenvalue weighted by atomic mass is 10.1. The Morgan fingerprint density at radius 1 is 1.41 bits per heavy atom. The van der Waals surface area contributed by atoms with E-state index < -0.39 is 37.4 Å². The first kappa shape index (κ1) is 23.7. The number of nitrogens with one attached hydrogen (secondary N) is 3. The van der Waals surface area contributed by atoms with Gasteiger partial charge in [0.1, 0.15) is 11.8 Å². The number of anilines is 2. The van der Waals surface area contributed by atoms with Gasteiger partial charge in [0.15, 0.2) is 18.1 Å². The van der Waals surface area contributed by atoms with Crippen LogP contribution in [0.1, 0.15) is 31.3 Å². The summed E-state index contributed by atoms with van der Waals surface area (Å²) in [7, 11) is 0. The van der Waals surface area contributed by atoms with Gasteiger partial charge in [-0.05, 0) is 19.9 Å². The van der Waals surface area contributed by atoms with Gasteiger partial charge in [0.25, 0.3) is 0 Å². The number of hydrogen-bond donors (Lipinski definition) is 3. The molecule has 0 radical (unpaired) electrons. The Labute approximate surface area is 189 Å². The second kappa shape index (κ2) is 9.42. The van der Waals surface area contributed by atoms with Crippen LogP contribution in [0.5, 0.6) is 0 Å². The van der Waals surface area contributed by atoms with Gasteiger partial charge in [-0.15, -0.1) is 13.2 Å². The number of rotatable bonds is 7. The molecule has 11 nitrogen and oxygen atoms in total. The van der Waals surface area contributed by atoms with Crippen LogP contribution in [0.25, 0.3) is 5.65 Å². The summed E-state index contributed by atoms with van der Waals surface area (Å²) in [6, 6.07) is 2.83. The van der Waals surface area contributed by atoms with E-state index in [1.165, 1.54) is 28.9 Å². The summed E-state index contributed by atoms with van der Waals surface area (Å²) in [5.74, 6) is 0.450. The molecular weight excluding hydrogens is 466 g/mol. The van der Waals surface area contributed by atoms with Gasteiger partial charge in [-0.3, -0.25) is 14.2 Å². The third kappa shape index (κ3) is 5.53. The summed E-state index contributed by atoms with van der Waals surface area (Å²) in [6.07, 6.45) is -6.51. The topological polar surface area (TPSA) is 128 Å². The normalized spacial score (nSPS) is 20.7. The second-order valence-corrected chi connectivity index (χ2v) is 7.74. The first-order valence-corrected chi connectivity index (χ1v) is 10.2. The zero-order valence-corrected chi connectivity index (χ0v) is 18.0. The van der Waals surface area contributed by atoms with Crippen LogP contribution >= 0.6 is 0 Å². The van der Waals surface area contributed by atoms with E-state index in [4.69, 9.17) is 9.47 Å². The van der Waals surface area contributed by atoms with Crippen molar-refractivity contribution in [1.82, 2.24) is 29.9 Å². The number of amides is 1. The number of imidazole rings is 1. The molecule has 0 saturated carbocycles. The third-order valence-corrected chi connectivity index (χ3v) is 4.71. The molecule has 0 unspecified atom stereocenters. The van der Waals surface area contributed by atoms with Gasteiger partial charge in [-0.2, -0.15) is 5.10 Å². The fourth-order valence-electron chi connectivity index (χ4n) is 3.29. The lowest BCUT2D eigenvalue weighted by Crippen LogP contribution is -2.36. The Bertz CT molecular complexity index is 1150. The minimum atomic E-state index is -4.78. The highest BCUT2D eigenvalue weighted by Gasteiger charge is 2.42. The van der Waals surface area contributed by atoms with Crippen LogP contribution in [0.2, 0.25) is 0 Å². The SMILES string of the molecule is CC(C)NC(=O)O[C@@H]1CO[C@H](c2cc(Nc3nccc4nc(COC(F)(F)F)cn34)n[nH]2)[C@H]1F. The maximum atomic E-state index is 14.8. The van der Waals surface area contributed by atoms with Crippen molar-refractivity contribution in [2.24, 2.45) is 0 Å². The predicted octanol–water partition coefficient (Wildman–Crippen LogP) is 3.15. The number of alkyl carbamates (subject to hydrolysis) is 1. The van der Waals surface area contributed by atoms with Crippen molar-refractivity contribution in [2.75, 3.05) is 11.9 Å². The van der Waals surface area contributed by atoms with Crippen LogP contribution in [-0.2, 0) is 20.8 Å². The number of carbonyl (C=O) groups excluding carboxylic acids is 1. The first-order chi connectivity index (χ1) is 16.1.